The van der Waals surface area contributed by atoms with Gasteiger partial charge in [-0.15, -0.1) is 0 Å². The molecule has 0 aliphatic heterocycles. The van der Waals surface area contributed by atoms with E-state index in [2.05, 4.69) is 5.10 Å². The van der Waals surface area contributed by atoms with Crippen LogP contribution in [0.1, 0.15) is 12.1 Å². The molecule has 0 radical (unpaired) electrons. The molecule has 1 aromatic carbocycles. The number of aromatic nitrogens is 2. The van der Waals surface area contributed by atoms with Crippen LogP contribution >= 0.6 is 0 Å². The van der Waals surface area contributed by atoms with E-state index in [9.17, 15) is 4.79 Å². The molecule has 2 rings (SSSR count). The fraction of sp³-hybridized carbons (Fsp3) is 0.167. The number of carbonyl (C=O) groups excluding carboxylic acids is 1. The monoisotopic (exact) mass is 200 g/mol. The first-order valence-electron chi connectivity index (χ1n) is 4.94. The van der Waals surface area contributed by atoms with Crippen LogP contribution in [0.5, 0.6) is 0 Å². The van der Waals surface area contributed by atoms with Crippen LogP contribution in [0, 0.1) is 0 Å². The van der Waals surface area contributed by atoms with E-state index in [1.807, 2.05) is 41.1 Å². The van der Waals surface area contributed by atoms with Crippen LogP contribution in [-0.4, -0.2) is 16.1 Å². The highest BCUT2D eigenvalue weighted by atomic mass is 16.1. The molecular weight excluding hydrogens is 188 g/mol. The van der Waals surface area contributed by atoms with E-state index >= 15 is 0 Å². The molecule has 0 fully saturated rings. The van der Waals surface area contributed by atoms with Gasteiger partial charge in [0.25, 0.3) is 0 Å². The molecule has 0 bridgehead atoms. The molecule has 0 aliphatic rings. The number of benzene rings is 1. The third kappa shape index (κ3) is 2.13. The van der Waals surface area contributed by atoms with E-state index in [4.69, 9.17) is 0 Å². The molecule has 1 heterocycles. The second-order valence-corrected chi connectivity index (χ2v) is 3.28. The number of aryl methyl sites for hydroxylation is 1. The highest BCUT2D eigenvalue weighted by molar-refractivity contribution is 5.50. The standard InChI is InChI=1S/C12H12N2O/c15-10-4-7-12-8-9-13-14(12)11-5-2-1-3-6-11/h1-3,5-6,8-10H,4,7H2. The average molecular weight is 200 g/mol. The largest absolute Gasteiger partial charge is 0.303 e. The number of hydrogen-bond acceptors (Lipinski definition) is 2. The van der Waals surface area contributed by atoms with Crippen molar-refractivity contribution in [1.82, 2.24) is 9.78 Å². The first kappa shape index (κ1) is 9.65. The van der Waals surface area contributed by atoms with Crippen LogP contribution in [0.4, 0.5) is 0 Å². The summed E-state index contributed by atoms with van der Waals surface area (Å²) in [6, 6.07) is 11.9. The van der Waals surface area contributed by atoms with Crippen molar-refractivity contribution in [3.8, 4) is 5.69 Å². The van der Waals surface area contributed by atoms with Gasteiger partial charge in [-0.25, -0.2) is 4.68 Å². The van der Waals surface area contributed by atoms with Gasteiger partial charge < -0.3 is 4.79 Å². The second kappa shape index (κ2) is 4.55. The Morgan fingerprint density at radius 1 is 1.20 bits per heavy atom. The predicted octanol–water partition coefficient (Wildman–Crippen LogP) is 2.00. The maximum absolute atomic E-state index is 10.3. The van der Waals surface area contributed by atoms with E-state index in [1.54, 1.807) is 6.20 Å². The highest BCUT2D eigenvalue weighted by Gasteiger charge is 2.03. The summed E-state index contributed by atoms with van der Waals surface area (Å²) >= 11 is 0. The third-order valence-electron chi connectivity index (χ3n) is 2.24. The Kier molecular flexibility index (Phi) is 2.93. The summed E-state index contributed by atoms with van der Waals surface area (Å²) in [5.41, 5.74) is 2.09. The molecule has 76 valence electrons. The van der Waals surface area contributed by atoms with Crippen molar-refractivity contribution in [2.45, 2.75) is 12.8 Å². The summed E-state index contributed by atoms with van der Waals surface area (Å²) in [5, 5.41) is 4.24. The first-order chi connectivity index (χ1) is 7.42. The van der Waals surface area contributed by atoms with Crippen molar-refractivity contribution in [1.29, 1.82) is 0 Å². The number of rotatable bonds is 4. The SMILES string of the molecule is O=CCCc1ccnn1-c1ccccc1. The molecule has 0 saturated carbocycles. The van der Waals surface area contributed by atoms with Crippen LogP contribution in [0.2, 0.25) is 0 Å². The Morgan fingerprint density at radius 2 is 2.00 bits per heavy atom. The van der Waals surface area contributed by atoms with Crippen LogP contribution in [-0.2, 0) is 11.2 Å². The van der Waals surface area contributed by atoms with Gasteiger partial charge in [-0.2, -0.15) is 5.10 Å². The van der Waals surface area contributed by atoms with Gasteiger partial charge in [-0.05, 0) is 24.6 Å². The van der Waals surface area contributed by atoms with E-state index in [1.165, 1.54) is 0 Å². The molecule has 0 amide bonds. The molecule has 0 saturated heterocycles. The Labute approximate surface area is 88.4 Å². The minimum atomic E-state index is 0.540. The van der Waals surface area contributed by atoms with Gasteiger partial charge in [0.05, 0.1) is 5.69 Å². The van der Waals surface area contributed by atoms with Crippen LogP contribution < -0.4 is 0 Å². The molecule has 1 aromatic heterocycles. The Hall–Kier alpha value is -1.90. The highest BCUT2D eigenvalue weighted by Crippen LogP contribution is 2.10. The lowest BCUT2D eigenvalue weighted by atomic mass is 10.2. The van der Waals surface area contributed by atoms with Crippen molar-refractivity contribution < 1.29 is 4.79 Å². The molecule has 3 heteroatoms. The number of para-hydroxylation sites is 1. The minimum absolute atomic E-state index is 0.540. The predicted molar refractivity (Wildman–Crippen MR) is 57.9 cm³/mol. The Morgan fingerprint density at radius 3 is 2.73 bits per heavy atom. The molecule has 0 unspecified atom stereocenters. The number of carbonyl (C=O) groups is 1. The molecule has 15 heavy (non-hydrogen) atoms. The fourth-order valence-electron chi connectivity index (χ4n) is 1.53. The van der Waals surface area contributed by atoms with Gasteiger partial charge in [0.15, 0.2) is 0 Å². The van der Waals surface area contributed by atoms with E-state index in [0.29, 0.717) is 6.42 Å². The topological polar surface area (TPSA) is 34.9 Å². The summed E-state index contributed by atoms with van der Waals surface area (Å²) < 4.78 is 1.86. The van der Waals surface area contributed by atoms with Crippen molar-refractivity contribution in [3.63, 3.8) is 0 Å². The summed E-state index contributed by atoms with van der Waals surface area (Å²) in [6.45, 7) is 0. The van der Waals surface area contributed by atoms with Gasteiger partial charge in [-0.3, -0.25) is 0 Å². The average Bonchev–Trinajstić information content (AvgIpc) is 2.75. The van der Waals surface area contributed by atoms with Gasteiger partial charge in [-0.1, -0.05) is 18.2 Å². The number of aldehydes is 1. The van der Waals surface area contributed by atoms with E-state index in [0.717, 1.165) is 24.1 Å². The zero-order valence-corrected chi connectivity index (χ0v) is 8.34. The summed E-state index contributed by atoms with van der Waals surface area (Å²) in [6.07, 6.45) is 3.96. The maximum Gasteiger partial charge on any atom is 0.120 e. The zero-order valence-electron chi connectivity index (χ0n) is 8.34. The van der Waals surface area contributed by atoms with Crippen LogP contribution in [0.15, 0.2) is 42.6 Å². The minimum Gasteiger partial charge on any atom is -0.303 e. The summed E-state index contributed by atoms with van der Waals surface area (Å²) in [4.78, 5) is 10.3. The molecule has 0 atom stereocenters. The first-order valence-corrected chi connectivity index (χ1v) is 4.94. The van der Waals surface area contributed by atoms with Crippen molar-refractivity contribution >= 4 is 6.29 Å². The lowest BCUT2D eigenvalue weighted by molar-refractivity contribution is -0.107. The lowest BCUT2D eigenvalue weighted by Gasteiger charge is -2.05. The van der Waals surface area contributed by atoms with Crippen molar-refractivity contribution in [2.24, 2.45) is 0 Å². The van der Waals surface area contributed by atoms with Crippen molar-refractivity contribution in [2.75, 3.05) is 0 Å². The van der Waals surface area contributed by atoms with Crippen LogP contribution in [0.3, 0.4) is 0 Å². The summed E-state index contributed by atoms with van der Waals surface area (Å²) in [7, 11) is 0. The molecule has 0 N–H and O–H groups in total. The Bertz CT molecular complexity index is 434. The van der Waals surface area contributed by atoms with Gasteiger partial charge in [0, 0.05) is 18.3 Å². The van der Waals surface area contributed by atoms with Crippen molar-refractivity contribution in [3.05, 3.63) is 48.3 Å². The quantitative estimate of drug-likeness (QED) is 0.707. The molecule has 0 aliphatic carbocycles. The lowest BCUT2D eigenvalue weighted by Crippen LogP contribution is -2.01. The normalized spacial score (nSPS) is 10.1. The second-order valence-electron chi connectivity index (χ2n) is 3.28. The Balaban J connectivity index is 2.29. The van der Waals surface area contributed by atoms with E-state index in [-0.39, 0.29) is 0 Å². The van der Waals surface area contributed by atoms with Crippen LogP contribution in [0.25, 0.3) is 5.69 Å². The maximum atomic E-state index is 10.3. The molecule has 3 nitrogen and oxygen atoms in total. The fourth-order valence-corrected chi connectivity index (χ4v) is 1.53. The summed E-state index contributed by atoms with van der Waals surface area (Å²) in [5.74, 6) is 0. The number of hydrogen-bond donors (Lipinski definition) is 0. The third-order valence-corrected chi connectivity index (χ3v) is 2.24. The van der Waals surface area contributed by atoms with Gasteiger partial charge >= 0.3 is 0 Å². The molecule has 2 aromatic rings. The zero-order chi connectivity index (χ0) is 10.5. The van der Waals surface area contributed by atoms with Gasteiger partial charge in [0.2, 0.25) is 0 Å². The smallest absolute Gasteiger partial charge is 0.120 e. The number of nitrogens with zero attached hydrogens (tertiary/aromatic N) is 2. The van der Waals surface area contributed by atoms with E-state index < -0.39 is 0 Å². The molecular formula is C12H12N2O. The van der Waals surface area contributed by atoms with Gasteiger partial charge in [0.1, 0.15) is 6.29 Å². The molecule has 0 spiro atoms.